The summed E-state index contributed by atoms with van der Waals surface area (Å²) >= 11 is 0. The molecule has 5 nitrogen and oxygen atoms in total. The number of carbonyl (C=O) groups excluding carboxylic acids is 1. The second kappa shape index (κ2) is 7.81. The Morgan fingerprint density at radius 3 is 2.39 bits per heavy atom. The van der Waals surface area contributed by atoms with Crippen molar-refractivity contribution in [2.24, 2.45) is 0 Å². The van der Waals surface area contributed by atoms with Crippen molar-refractivity contribution in [3.8, 4) is 0 Å². The van der Waals surface area contributed by atoms with Crippen LogP contribution < -0.4 is 5.32 Å². The van der Waals surface area contributed by atoms with Gasteiger partial charge in [0.25, 0.3) is 0 Å². The number of hydrogen-bond acceptors (Lipinski definition) is 4. The standard InChI is InChI=1S/C13H19NO4/c1-17-13(18-2)8-12(16)14-11(9-15)10-6-4-3-5-7-10/h3-7,11,13,15H,8-9H2,1-2H3,(H,14,16). The van der Waals surface area contributed by atoms with Crippen molar-refractivity contribution in [3.63, 3.8) is 0 Å². The summed E-state index contributed by atoms with van der Waals surface area (Å²) in [5, 5.41) is 12.0. The molecule has 1 amide bonds. The van der Waals surface area contributed by atoms with Gasteiger partial charge in [-0.15, -0.1) is 0 Å². The molecule has 2 N–H and O–H groups in total. The minimum Gasteiger partial charge on any atom is -0.394 e. The second-order valence-electron chi connectivity index (χ2n) is 3.82. The predicted octanol–water partition coefficient (Wildman–Crippen LogP) is 0.845. The van der Waals surface area contributed by atoms with E-state index in [1.165, 1.54) is 14.2 Å². The van der Waals surface area contributed by atoms with Crippen molar-refractivity contribution >= 4 is 5.91 Å². The highest BCUT2D eigenvalue weighted by atomic mass is 16.7. The maximum atomic E-state index is 11.7. The van der Waals surface area contributed by atoms with Crippen molar-refractivity contribution in [3.05, 3.63) is 35.9 Å². The number of amides is 1. The fraction of sp³-hybridized carbons (Fsp3) is 0.462. The Kier molecular flexibility index (Phi) is 6.35. The molecule has 0 saturated carbocycles. The first-order chi connectivity index (χ1) is 8.71. The van der Waals surface area contributed by atoms with Gasteiger partial charge in [0.05, 0.1) is 19.1 Å². The average Bonchev–Trinajstić information content (AvgIpc) is 2.43. The quantitative estimate of drug-likeness (QED) is 0.707. The predicted molar refractivity (Wildman–Crippen MR) is 66.8 cm³/mol. The monoisotopic (exact) mass is 253 g/mol. The van der Waals surface area contributed by atoms with E-state index in [0.29, 0.717) is 0 Å². The number of benzene rings is 1. The number of aliphatic hydroxyl groups is 1. The Hall–Kier alpha value is -1.43. The average molecular weight is 253 g/mol. The van der Waals surface area contributed by atoms with Crippen LogP contribution in [0.15, 0.2) is 30.3 Å². The smallest absolute Gasteiger partial charge is 0.225 e. The minimum absolute atomic E-state index is 0.0936. The van der Waals surface area contributed by atoms with Gasteiger partial charge in [-0.05, 0) is 5.56 Å². The molecule has 100 valence electrons. The van der Waals surface area contributed by atoms with E-state index < -0.39 is 12.3 Å². The third-order valence-electron chi connectivity index (χ3n) is 2.60. The number of aliphatic hydroxyl groups excluding tert-OH is 1. The number of nitrogens with one attached hydrogen (secondary N) is 1. The summed E-state index contributed by atoms with van der Waals surface area (Å²) in [6.07, 6.45) is -0.476. The number of rotatable bonds is 7. The molecule has 0 heterocycles. The van der Waals surface area contributed by atoms with Gasteiger partial charge < -0.3 is 19.9 Å². The molecule has 0 aliphatic carbocycles. The molecule has 0 aromatic heterocycles. The van der Waals surface area contributed by atoms with Crippen molar-refractivity contribution in [2.45, 2.75) is 18.8 Å². The molecule has 1 atom stereocenters. The molecule has 0 saturated heterocycles. The van der Waals surface area contributed by atoms with E-state index in [1.54, 1.807) is 0 Å². The highest BCUT2D eigenvalue weighted by Crippen LogP contribution is 2.12. The molecule has 0 radical (unpaired) electrons. The van der Waals surface area contributed by atoms with Gasteiger partial charge in [0.1, 0.15) is 0 Å². The van der Waals surface area contributed by atoms with Gasteiger partial charge in [0.2, 0.25) is 5.91 Å². The molecule has 1 aromatic rings. The first-order valence-corrected chi connectivity index (χ1v) is 5.72. The molecule has 0 aliphatic heterocycles. The molecular weight excluding hydrogens is 234 g/mol. The number of methoxy groups -OCH3 is 2. The van der Waals surface area contributed by atoms with E-state index in [2.05, 4.69) is 5.32 Å². The van der Waals surface area contributed by atoms with Gasteiger partial charge in [-0.3, -0.25) is 4.79 Å². The fourth-order valence-electron chi connectivity index (χ4n) is 1.59. The second-order valence-corrected chi connectivity index (χ2v) is 3.82. The Morgan fingerprint density at radius 1 is 1.28 bits per heavy atom. The van der Waals surface area contributed by atoms with Crippen molar-refractivity contribution in [1.82, 2.24) is 5.32 Å². The summed E-state index contributed by atoms with van der Waals surface area (Å²) in [5.74, 6) is -0.230. The van der Waals surface area contributed by atoms with E-state index in [-0.39, 0.29) is 18.9 Å². The zero-order valence-electron chi connectivity index (χ0n) is 10.6. The van der Waals surface area contributed by atoms with Crippen LogP contribution in [-0.4, -0.2) is 38.1 Å². The fourth-order valence-corrected chi connectivity index (χ4v) is 1.59. The molecule has 1 unspecified atom stereocenters. The molecular formula is C13H19NO4. The number of hydrogen-bond donors (Lipinski definition) is 2. The van der Waals surface area contributed by atoms with Crippen LogP contribution in [0.25, 0.3) is 0 Å². The Labute approximate surface area is 107 Å². The highest BCUT2D eigenvalue weighted by molar-refractivity contribution is 5.76. The molecule has 1 aromatic carbocycles. The number of carbonyl (C=O) groups is 1. The van der Waals surface area contributed by atoms with E-state index in [4.69, 9.17) is 9.47 Å². The lowest BCUT2D eigenvalue weighted by atomic mass is 10.1. The van der Waals surface area contributed by atoms with Crippen LogP contribution in [0.2, 0.25) is 0 Å². The third kappa shape index (κ3) is 4.44. The van der Waals surface area contributed by atoms with Gasteiger partial charge in [0, 0.05) is 14.2 Å². The van der Waals surface area contributed by atoms with Gasteiger partial charge in [-0.1, -0.05) is 30.3 Å². The van der Waals surface area contributed by atoms with Crippen molar-refractivity contribution in [1.29, 1.82) is 0 Å². The van der Waals surface area contributed by atoms with Crippen LogP contribution in [-0.2, 0) is 14.3 Å². The van der Waals surface area contributed by atoms with E-state index in [0.717, 1.165) is 5.56 Å². The lowest BCUT2D eigenvalue weighted by molar-refractivity contribution is -0.140. The summed E-state index contributed by atoms with van der Waals surface area (Å²) in [6.45, 7) is -0.152. The van der Waals surface area contributed by atoms with Crippen molar-refractivity contribution in [2.75, 3.05) is 20.8 Å². The molecule has 0 fully saturated rings. The summed E-state index contributed by atoms with van der Waals surface area (Å²) in [7, 11) is 2.95. The zero-order chi connectivity index (χ0) is 13.4. The van der Waals surface area contributed by atoms with Gasteiger partial charge in [-0.25, -0.2) is 0 Å². The van der Waals surface area contributed by atoms with E-state index in [1.807, 2.05) is 30.3 Å². The summed E-state index contributed by atoms with van der Waals surface area (Å²) in [4.78, 5) is 11.7. The van der Waals surface area contributed by atoms with Crippen LogP contribution in [0.3, 0.4) is 0 Å². The first-order valence-electron chi connectivity index (χ1n) is 5.72. The number of ether oxygens (including phenoxy) is 2. The highest BCUT2D eigenvalue weighted by Gasteiger charge is 2.17. The molecule has 0 spiro atoms. The topological polar surface area (TPSA) is 67.8 Å². The lowest BCUT2D eigenvalue weighted by Gasteiger charge is -2.18. The van der Waals surface area contributed by atoms with Gasteiger partial charge in [0.15, 0.2) is 6.29 Å². The summed E-state index contributed by atoms with van der Waals surface area (Å²) in [6, 6.07) is 8.89. The van der Waals surface area contributed by atoms with Gasteiger partial charge >= 0.3 is 0 Å². The molecule has 18 heavy (non-hydrogen) atoms. The third-order valence-corrected chi connectivity index (χ3v) is 2.60. The lowest BCUT2D eigenvalue weighted by Crippen LogP contribution is -2.33. The van der Waals surface area contributed by atoms with Crippen LogP contribution in [0, 0.1) is 0 Å². The first kappa shape index (κ1) is 14.6. The van der Waals surface area contributed by atoms with Crippen LogP contribution in [0.5, 0.6) is 0 Å². The minimum atomic E-state index is -0.569. The SMILES string of the molecule is COC(CC(=O)NC(CO)c1ccccc1)OC. The molecule has 0 bridgehead atoms. The largest absolute Gasteiger partial charge is 0.394 e. The summed E-state index contributed by atoms with van der Waals surface area (Å²) < 4.78 is 9.89. The Bertz CT molecular complexity index is 351. The Balaban J connectivity index is 2.56. The maximum Gasteiger partial charge on any atom is 0.225 e. The van der Waals surface area contributed by atoms with Crippen LogP contribution in [0.1, 0.15) is 18.0 Å². The van der Waals surface area contributed by atoms with E-state index in [9.17, 15) is 9.90 Å². The summed E-state index contributed by atoms with van der Waals surface area (Å²) in [5.41, 5.74) is 0.861. The molecule has 1 rings (SSSR count). The normalized spacial score (nSPS) is 12.4. The zero-order valence-corrected chi connectivity index (χ0v) is 10.6. The molecule has 5 heteroatoms. The Morgan fingerprint density at radius 2 is 1.89 bits per heavy atom. The van der Waals surface area contributed by atoms with Crippen molar-refractivity contribution < 1.29 is 19.4 Å². The van der Waals surface area contributed by atoms with Crippen LogP contribution in [0.4, 0.5) is 0 Å². The van der Waals surface area contributed by atoms with Gasteiger partial charge in [-0.2, -0.15) is 0 Å². The van der Waals surface area contributed by atoms with E-state index >= 15 is 0 Å². The van der Waals surface area contributed by atoms with Crippen LogP contribution >= 0.6 is 0 Å². The molecule has 0 aliphatic rings. The maximum absolute atomic E-state index is 11.7.